The predicted molar refractivity (Wildman–Crippen MR) is 164 cm³/mol. The smallest absolute Gasteiger partial charge is 0.247 e. The Morgan fingerprint density at radius 2 is 1.70 bits per heavy atom. The number of likely N-dealkylation sites (N-methyl/N-ethyl adjacent to an activating group) is 1. The van der Waals surface area contributed by atoms with Gasteiger partial charge >= 0.3 is 0 Å². The maximum atomic E-state index is 12.4. The first kappa shape index (κ1) is 27.1. The van der Waals surface area contributed by atoms with E-state index in [9.17, 15) is 9.59 Å². The SMILES string of the molecule is C=CC(=O)Nc1cc(-c2c(-c3ccc(N4CCN(C)CC4)cc3)[nH]c3ncc(NC(=O)C(C)C)cc23)ccc1C. The number of hydrogen-bond donors (Lipinski definition) is 3. The molecular formula is C32H36N6O2. The quantitative estimate of drug-likeness (QED) is 0.265. The number of benzene rings is 2. The number of nitrogens with one attached hydrogen (secondary N) is 3. The third kappa shape index (κ3) is 5.62. The van der Waals surface area contributed by atoms with E-state index in [-0.39, 0.29) is 17.7 Å². The number of carbonyl (C=O) groups is 2. The number of aromatic amines is 1. The fraction of sp³-hybridized carbons (Fsp3) is 0.281. The number of fused-ring (bicyclic) bond motifs is 1. The van der Waals surface area contributed by atoms with Crippen LogP contribution in [0.1, 0.15) is 19.4 Å². The molecule has 0 bridgehead atoms. The lowest BCUT2D eigenvalue weighted by Gasteiger charge is -2.34. The largest absolute Gasteiger partial charge is 0.369 e. The number of amides is 2. The Morgan fingerprint density at radius 3 is 2.38 bits per heavy atom. The third-order valence-electron chi connectivity index (χ3n) is 7.44. The van der Waals surface area contributed by atoms with Crippen LogP contribution in [0.2, 0.25) is 0 Å². The van der Waals surface area contributed by atoms with Crippen LogP contribution < -0.4 is 15.5 Å². The minimum absolute atomic E-state index is 0.0669. The number of carbonyl (C=O) groups excluding carboxylic acids is 2. The van der Waals surface area contributed by atoms with E-state index in [1.165, 1.54) is 11.8 Å². The second-order valence-corrected chi connectivity index (χ2v) is 10.7. The molecular weight excluding hydrogens is 500 g/mol. The Kier molecular flexibility index (Phi) is 7.71. The Labute approximate surface area is 235 Å². The molecule has 1 fully saturated rings. The summed E-state index contributed by atoms with van der Waals surface area (Å²) in [6.07, 6.45) is 2.94. The summed E-state index contributed by atoms with van der Waals surface area (Å²) in [6.45, 7) is 13.4. The maximum Gasteiger partial charge on any atom is 0.247 e. The highest BCUT2D eigenvalue weighted by Gasteiger charge is 2.20. The van der Waals surface area contributed by atoms with Gasteiger partial charge in [0.2, 0.25) is 11.8 Å². The number of aromatic nitrogens is 2. The van der Waals surface area contributed by atoms with Gasteiger partial charge in [0, 0.05) is 54.4 Å². The molecule has 2 amide bonds. The highest BCUT2D eigenvalue weighted by molar-refractivity contribution is 6.06. The number of piperazine rings is 1. The molecule has 0 aliphatic carbocycles. The van der Waals surface area contributed by atoms with Gasteiger partial charge in [-0.05, 0) is 61.0 Å². The summed E-state index contributed by atoms with van der Waals surface area (Å²) < 4.78 is 0. The summed E-state index contributed by atoms with van der Waals surface area (Å²) >= 11 is 0. The number of rotatable bonds is 7. The molecule has 3 heterocycles. The average molecular weight is 537 g/mol. The molecule has 8 heteroatoms. The minimum atomic E-state index is -0.265. The van der Waals surface area contributed by atoms with Crippen molar-refractivity contribution in [3.63, 3.8) is 0 Å². The maximum absolute atomic E-state index is 12.4. The van der Waals surface area contributed by atoms with E-state index < -0.39 is 0 Å². The fourth-order valence-corrected chi connectivity index (χ4v) is 4.94. The molecule has 3 N–H and O–H groups in total. The van der Waals surface area contributed by atoms with Gasteiger partial charge in [-0.3, -0.25) is 9.59 Å². The summed E-state index contributed by atoms with van der Waals surface area (Å²) in [7, 11) is 2.16. The number of hydrogen-bond acceptors (Lipinski definition) is 5. The van der Waals surface area contributed by atoms with Gasteiger partial charge in [0.05, 0.1) is 17.6 Å². The standard InChI is InChI=1S/C32H36N6O2/c1-6-28(39)35-27-17-23(8-7-21(27)4)29-26-18-24(34-32(40)20(2)3)19-33-31(26)36-30(29)22-9-11-25(12-10-22)38-15-13-37(5)14-16-38/h6-12,17-20H,1,13-16H2,2-5H3,(H,33,36)(H,34,40)(H,35,39). The summed E-state index contributed by atoms with van der Waals surface area (Å²) in [6, 6.07) is 16.6. The molecule has 206 valence electrons. The number of pyridine rings is 1. The van der Waals surface area contributed by atoms with Crippen molar-refractivity contribution in [3.05, 3.63) is 72.9 Å². The van der Waals surface area contributed by atoms with Crippen molar-refractivity contribution >= 4 is 39.9 Å². The van der Waals surface area contributed by atoms with Crippen molar-refractivity contribution in [1.29, 1.82) is 0 Å². The van der Waals surface area contributed by atoms with E-state index in [2.05, 4.69) is 68.3 Å². The summed E-state index contributed by atoms with van der Waals surface area (Å²) in [5.41, 5.74) is 8.03. The van der Waals surface area contributed by atoms with Crippen LogP contribution in [0.3, 0.4) is 0 Å². The van der Waals surface area contributed by atoms with Gasteiger partial charge in [0.15, 0.2) is 0 Å². The predicted octanol–water partition coefficient (Wildman–Crippen LogP) is 5.68. The van der Waals surface area contributed by atoms with E-state index in [0.29, 0.717) is 17.0 Å². The Hall–Kier alpha value is -4.43. The molecule has 2 aromatic heterocycles. The van der Waals surface area contributed by atoms with Crippen molar-refractivity contribution < 1.29 is 9.59 Å². The van der Waals surface area contributed by atoms with Crippen LogP contribution in [0.5, 0.6) is 0 Å². The molecule has 5 rings (SSSR count). The van der Waals surface area contributed by atoms with Crippen molar-refractivity contribution in [2.75, 3.05) is 48.8 Å². The van der Waals surface area contributed by atoms with Gasteiger partial charge in [-0.1, -0.05) is 44.7 Å². The molecule has 1 aliphatic rings. The molecule has 2 aromatic carbocycles. The van der Waals surface area contributed by atoms with E-state index >= 15 is 0 Å². The zero-order valence-corrected chi connectivity index (χ0v) is 23.5. The van der Waals surface area contributed by atoms with Crippen LogP contribution >= 0.6 is 0 Å². The minimum Gasteiger partial charge on any atom is -0.369 e. The topological polar surface area (TPSA) is 93.4 Å². The van der Waals surface area contributed by atoms with Crippen LogP contribution in [0, 0.1) is 12.8 Å². The van der Waals surface area contributed by atoms with Gasteiger partial charge in [-0.15, -0.1) is 0 Å². The second-order valence-electron chi connectivity index (χ2n) is 10.7. The summed E-state index contributed by atoms with van der Waals surface area (Å²) in [4.78, 5) is 37.5. The molecule has 40 heavy (non-hydrogen) atoms. The van der Waals surface area contributed by atoms with Gasteiger partial charge in [-0.25, -0.2) is 4.98 Å². The highest BCUT2D eigenvalue weighted by Crippen LogP contribution is 2.40. The molecule has 0 atom stereocenters. The van der Waals surface area contributed by atoms with E-state index in [1.54, 1.807) is 6.20 Å². The Bertz CT molecular complexity index is 1560. The zero-order valence-electron chi connectivity index (χ0n) is 23.5. The van der Waals surface area contributed by atoms with Crippen LogP contribution in [0.4, 0.5) is 17.1 Å². The van der Waals surface area contributed by atoms with Crippen LogP contribution in [-0.4, -0.2) is 59.9 Å². The first-order valence-corrected chi connectivity index (χ1v) is 13.6. The lowest BCUT2D eigenvalue weighted by atomic mass is 9.97. The van der Waals surface area contributed by atoms with Crippen molar-refractivity contribution in [3.8, 4) is 22.4 Å². The summed E-state index contributed by atoms with van der Waals surface area (Å²) in [5.74, 6) is -0.481. The molecule has 1 saturated heterocycles. The number of anilines is 3. The Morgan fingerprint density at radius 1 is 1.00 bits per heavy atom. The zero-order chi connectivity index (χ0) is 28.4. The third-order valence-corrected chi connectivity index (χ3v) is 7.44. The number of aryl methyl sites for hydroxylation is 1. The monoisotopic (exact) mass is 536 g/mol. The van der Waals surface area contributed by atoms with Crippen molar-refractivity contribution in [2.24, 2.45) is 5.92 Å². The lowest BCUT2D eigenvalue weighted by molar-refractivity contribution is -0.119. The van der Waals surface area contributed by atoms with Crippen LogP contribution in [0.25, 0.3) is 33.4 Å². The van der Waals surface area contributed by atoms with Crippen LogP contribution in [0.15, 0.2) is 67.4 Å². The molecule has 4 aromatic rings. The molecule has 0 saturated carbocycles. The van der Waals surface area contributed by atoms with Crippen molar-refractivity contribution in [1.82, 2.24) is 14.9 Å². The summed E-state index contributed by atoms with van der Waals surface area (Å²) in [5, 5.41) is 6.77. The average Bonchev–Trinajstić information content (AvgIpc) is 3.33. The molecule has 8 nitrogen and oxygen atoms in total. The first-order chi connectivity index (χ1) is 19.2. The van der Waals surface area contributed by atoms with Gasteiger partial charge in [0.25, 0.3) is 0 Å². The lowest BCUT2D eigenvalue weighted by Crippen LogP contribution is -2.44. The normalized spacial score (nSPS) is 14.0. The Balaban J connectivity index is 1.61. The molecule has 1 aliphatic heterocycles. The molecule has 0 spiro atoms. The van der Waals surface area contributed by atoms with Gasteiger partial charge < -0.3 is 25.4 Å². The van der Waals surface area contributed by atoms with E-state index in [0.717, 1.165) is 59.5 Å². The molecule has 0 unspecified atom stereocenters. The fourth-order valence-electron chi connectivity index (χ4n) is 4.94. The van der Waals surface area contributed by atoms with Gasteiger partial charge in [-0.2, -0.15) is 0 Å². The second kappa shape index (κ2) is 11.4. The van der Waals surface area contributed by atoms with E-state index in [4.69, 9.17) is 0 Å². The van der Waals surface area contributed by atoms with Crippen LogP contribution in [-0.2, 0) is 9.59 Å². The van der Waals surface area contributed by atoms with E-state index in [1.807, 2.05) is 45.0 Å². The molecule has 0 radical (unpaired) electrons. The number of nitrogens with zero attached hydrogens (tertiary/aromatic N) is 3. The van der Waals surface area contributed by atoms with Gasteiger partial charge in [0.1, 0.15) is 5.65 Å². The number of H-pyrrole nitrogens is 1. The first-order valence-electron chi connectivity index (χ1n) is 13.6. The van der Waals surface area contributed by atoms with Crippen molar-refractivity contribution in [2.45, 2.75) is 20.8 Å². The highest BCUT2D eigenvalue weighted by atomic mass is 16.2.